The molecule has 2 rings (SSSR count). The number of hydrogen-bond donors (Lipinski definition) is 0. The molecule has 0 heterocycles. The van der Waals surface area contributed by atoms with Crippen LogP contribution in [0.5, 0.6) is 0 Å². The molecule has 2 fully saturated rings. The maximum atomic E-state index is 11.6. The molecule has 3 unspecified atom stereocenters. The van der Waals surface area contributed by atoms with Crippen molar-refractivity contribution in [3.8, 4) is 0 Å². The highest BCUT2D eigenvalue weighted by atomic mass is 16.6. The molecule has 0 aromatic carbocycles. The SMILES string of the molecule is C=CC(=O)OC(=C)C(=O)OC1CC2CCC1C2. The fourth-order valence-corrected chi connectivity index (χ4v) is 2.74. The van der Waals surface area contributed by atoms with Gasteiger partial charge in [0.2, 0.25) is 5.76 Å². The molecule has 0 saturated heterocycles. The highest BCUT2D eigenvalue weighted by molar-refractivity contribution is 5.91. The van der Waals surface area contributed by atoms with E-state index in [1.54, 1.807) is 0 Å². The van der Waals surface area contributed by atoms with Crippen molar-refractivity contribution < 1.29 is 19.1 Å². The molecule has 0 radical (unpaired) electrons. The highest BCUT2D eigenvalue weighted by Crippen LogP contribution is 2.45. The van der Waals surface area contributed by atoms with Crippen molar-refractivity contribution >= 4 is 11.9 Å². The summed E-state index contributed by atoms with van der Waals surface area (Å²) in [5, 5.41) is 0. The average Bonchev–Trinajstić information content (AvgIpc) is 2.90. The van der Waals surface area contributed by atoms with Gasteiger partial charge in [0.25, 0.3) is 0 Å². The van der Waals surface area contributed by atoms with Crippen LogP contribution in [-0.2, 0) is 19.1 Å². The maximum absolute atomic E-state index is 11.6. The zero-order valence-corrected chi connectivity index (χ0v) is 9.69. The predicted molar refractivity (Wildman–Crippen MR) is 60.8 cm³/mol. The van der Waals surface area contributed by atoms with Crippen LogP contribution in [0, 0.1) is 11.8 Å². The number of ether oxygens (including phenoxy) is 2. The summed E-state index contributed by atoms with van der Waals surface area (Å²) in [5.41, 5.74) is 0. The zero-order chi connectivity index (χ0) is 12.4. The van der Waals surface area contributed by atoms with Crippen LogP contribution < -0.4 is 0 Å². The second-order valence-electron chi connectivity index (χ2n) is 4.67. The van der Waals surface area contributed by atoms with Gasteiger partial charge in [0.1, 0.15) is 6.10 Å². The summed E-state index contributed by atoms with van der Waals surface area (Å²) in [4.78, 5) is 22.5. The van der Waals surface area contributed by atoms with Gasteiger partial charge in [0.15, 0.2) is 0 Å². The van der Waals surface area contributed by atoms with Crippen LogP contribution in [0.15, 0.2) is 25.0 Å². The molecule has 3 atom stereocenters. The van der Waals surface area contributed by atoms with E-state index in [4.69, 9.17) is 4.74 Å². The van der Waals surface area contributed by atoms with Gasteiger partial charge in [-0.1, -0.05) is 6.58 Å². The molecule has 0 amide bonds. The van der Waals surface area contributed by atoms with Crippen LogP contribution in [0.4, 0.5) is 0 Å². The Bertz CT molecular complexity index is 372. The van der Waals surface area contributed by atoms with E-state index in [1.165, 1.54) is 6.42 Å². The monoisotopic (exact) mass is 236 g/mol. The molecule has 2 saturated carbocycles. The zero-order valence-electron chi connectivity index (χ0n) is 9.69. The van der Waals surface area contributed by atoms with Crippen LogP contribution >= 0.6 is 0 Å². The smallest absolute Gasteiger partial charge is 0.374 e. The molecule has 92 valence electrons. The number of carbonyl (C=O) groups is 2. The predicted octanol–water partition coefficient (Wildman–Crippen LogP) is 1.96. The van der Waals surface area contributed by atoms with Crippen LogP contribution in [0.2, 0.25) is 0 Å². The summed E-state index contributed by atoms with van der Waals surface area (Å²) in [7, 11) is 0. The van der Waals surface area contributed by atoms with E-state index in [9.17, 15) is 9.59 Å². The van der Waals surface area contributed by atoms with Crippen molar-refractivity contribution in [1.82, 2.24) is 0 Å². The van der Waals surface area contributed by atoms with E-state index in [0.29, 0.717) is 11.8 Å². The summed E-state index contributed by atoms with van der Waals surface area (Å²) >= 11 is 0. The van der Waals surface area contributed by atoms with Crippen molar-refractivity contribution in [2.75, 3.05) is 0 Å². The summed E-state index contributed by atoms with van der Waals surface area (Å²) < 4.78 is 9.93. The van der Waals surface area contributed by atoms with Crippen molar-refractivity contribution in [2.45, 2.75) is 31.8 Å². The first kappa shape index (κ1) is 11.9. The Morgan fingerprint density at radius 2 is 2.00 bits per heavy atom. The molecule has 0 aromatic rings. The lowest BCUT2D eigenvalue weighted by Gasteiger charge is -2.21. The van der Waals surface area contributed by atoms with Crippen LogP contribution in [0.25, 0.3) is 0 Å². The Kier molecular flexibility index (Phi) is 3.31. The Morgan fingerprint density at radius 3 is 2.53 bits per heavy atom. The summed E-state index contributed by atoms with van der Waals surface area (Å²) in [6.07, 6.45) is 5.40. The maximum Gasteiger partial charge on any atom is 0.374 e. The van der Waals surface area contributed by atoms with Gasteiger partial charge in [0, 0.05) is 6.08 Å². The first-order valence-electron chi connectivity index (χ1n) is 5.84. The van der Waals surface area contributed by atoms with E-state index in [1.807, 2.05) is 0 Å². The van der Waals surface area contributed by atoms with Crippen LogP contribution in [0.1, 0.15) is 25.7 Å². The summed E-state index contributed by atoms with van der Waals surface area (Å²) in [6.45, 7) is 6.62. The Labute approximate surface area is 100 Å². The minimum atomic E-state index is -0.695. The topological polar surface area (TPSA) is 52.6 Å². The molecule has 0 aromatic heterocycles. The van der Waals surface area contributed by atoms with Crippen molar-refractivity contribution in [1.29, 1.82) is 0 Å². The van der Waals surface area contributed by atoms with Gasteiger partial charge >= 0.3 is 11.9 Å². The summed E-state index contributed by atoms with van der Waals surface area (Å²) in [6, 6.07) is 0. The lowest BCUT2D eigenvalue weighted by atomic mass is 9.98. The van der Waals surface area contributed by atoms with Crippen molar-refractivity contribution in [3.05, 3.63) is 25.0 Å². The van der Waals surface area contributed by atoms with E-state index in [2.05, 4.69) is 17.9 Å². The molecular weight excluding hydrogens is 220 g/mol. The quantitative estimate of drug-likeness (QED) is 0.425. The van der Waals surface area contributed by atoms with E-state index < -0.39 is 11.9 Å². The van der Waals surface area contributed by atoms with Crippen LogP contribution in [0.3, 0.4) is 0 Å². The normalized spacial score (nSPS) is 29.8. The largest absolute Gasteiger partial charge is 0.456 e. The molecule has 17 heavy (non-hydrogen) atoms. The van der Waals surface area contributed by atoms with Gasteiger partial charge in [-0.3, -0.25) is 0 Å². The van der Waals surface area contributed by atoms with Crippen molar-refractivity contribution in [3.63, 3.8) is 0 Å². The molecule has 2 aliphatic carbocycles. The number of esters is 2. The van der Waals surface area contributed by atoms with Gasteiger partial charge in [0.05, 0.1) is 0 Å². The number of fused-ring (bicyclic) bond motifs is 2. The molecule has 0 N–H and O–H groups in total. The van der Waals surface area contributed by atoms with Crippen molar-refractivity contribution in [2.24, 2.45) is 11.8 Å². The van der Waals surface area contributed by atoms with Crippen LogP contribution in [-0.4, -0.2) is 18.0 Å². The van der Waals surface area contributed by atoms with Gasteiger partial charge < -0.3 is 9.47 Å². The third-order valence-corrected chi connectivity index (χ3v) is 3.55. The molecular formula is C13H16O4. The molecule has 4 nitrogen and oxygen atoms in total. The molecule has 2 aliphatic rings. The fraction of sp³-hybridized carbons (Fsp3) is 0.538. The Morgan fingerprint density at radius 1 is 1.24 bits per heavy atom. The number of rotatable bonds is 4. The number of carbonyl (C=O) groups excluding carboxylic acids is 2. The first-order valence-corrected chi connectivity index (χ1v) is 5.84. The van der Waals surface area contributed by atoms with Gasteiger partial charge in [-0.2, -0.15) is 0 Å². The lowest BCUT2D eigenvalue weighted by Crippen LogP contribution is -2.25. The Hall–Kier alpha value is -1.58. The third-order valence-electron chi connectivity index (χ3n) is 3.55. The van der Waals surface area contributed by atoms with E-state index >= 15 is 0 Å². The summed E-state index contributed by atoms with van der Waals surface area (Å²) in [5.74, 6) is -0.427. The standard InChI is InChI=1S/C13H16O4/c1-3-12(14)16-8(2)13(15)17-11-7-9-4-5-10(11)6-9/h3,9-11H,1-2,4-7H2. The molecule has 0 spiro atoms. The van der Waals surface area contributed by atoms with Gasteiger partial charge in [-0.25, -0.2) is 9.59 Å². The van der Waals surface area contributed by atoms with Gasteiger partial charge in [-0.05, 0) is 44.1 Å². The molecule has 2 bridgehead atoms. The molecule has 0 aliphatic heterocycles. The minimum absolute atomic E-state index is 0.0274. The average molecular weight is 236 g/mol. The lowest BCUT2D eigenvalue weighted by molar-refractivity contribution is -0.154. The number of hydrogen-bond acceptors (Lipinski definition) is 4. The Balaban J connectivity index is 1.83. The third kappa shape index (κ3) is 2.57. The second-order valence-corrected chi connectivity index (χ2v) is 4.67. The second kappa shape index (κ2) is 4.73. The highest BCUT2D eigenvalue weighted by Gasteiger charge is 2.42. The molecule has 4 heteroatoms. The minimum Gasteiger partial charge on any atom is -0.456 e. The van der Waals surface area contributed by atoms with E-state index in [0.717, 1.165) is 25.3 Å². The first-order chi connectivity index (χ1) is 8.10. The van der Waals surface area contributed by atoms with E-state index in [-0.39, 0.29) is 11.9 Å². The van der Waals surface area contributed by atoms with Gasteiger partial charge in [-0.15, -0.1) is 0 Å². The fourth-order valence-electron chi connectivity index (χ4n) is 2.74.